The largest absolute Gasteiger partial charge is 0.504 e. The minimum absolute atomic E-state index is 0.0824. The molecule has 0 amide bonds. The molecule has 0 unspecified atom stereocenters. The molecule has 4 aromatic rings. The van der Waals surface area contributed by atoms with Crippen molar-refractivity contribution in [2.75, 3.05) is 23.2 Å². The van der Waals surface area contributed by atoms with Gasteiger partial charge in [0.2, 0.25) is 17.8 Å². The van der Waals surface area contributed by atoms with E-state index >= 15 is 0 Å². The van der Waals surface area contributed by atoms with Gasteiger partial charge in [0, 0.05) is 28.0 Å². The Morgan fingerprint density at radius 2 is 1.39 bits per heavy atom. The zero-order valence-electron chi connectivity index (χ0n) is 17.5. The molecule has 166 valence electrons. The number of hydrogen-bond acceptors (Lipinski definition) is 9. The molecule has 0 saturated heterocycles. The van der Waals surface area contributed by atoms with E-state index in [-0.39, 0.29) is 17.4 Å². The summed E-state index contributed by atoms with van der Waals surface area (Å²) < 4.78 is 5.11. The number of nitrogens with zero attached hydrogens (tertiary/aromatic N) is 4. The Morgan fingerprint density at radius 1 is 0.848 bits per heavy atom. The predicted octanol–water partition coefficient (Wildman–Crippen LogP) is 5.17. The average Bonchev–Trinajstić information content (AvgIpc) is 2.82. The summed E-state index contributed by atoms with van der Waals surface area (Å²) in [5.74, 6) is 0.986. The summed E-state index contributed by atoms with van der Waals surface area (Å²) in [5, 5.41) is 21.1. The van der Waals surface area contributed by atoms with Crippen LogP contribution in [0.2, 0.25) is 5.02 Å². The highest BCUT2D eigenvalue weighted by Crippen LogP contribution is 2.32. The molecule has 9 nitrogen and oxygen atoms in total. The molecule has 0 aliphatic heterocycles. The first-order chi connectivity index (χ1) is 16.1. The van der Waals surface area contributed by atoms with E-state index < -0.39 is 0 Å². The van der Waals surface area contributed by atoms with Crippen LogP contribution < -0.4 is 20.8 Å². The van der Waals surface area contributed by atoms with E-state index in [1.54, 1.807) is 6.07 Å². The minimum atomic E-state index is -0.0824. The van der Waals surface area contributed by atoms with Gasteiger partial charge in [-0.15, -0.1) is 0 Å². The van der Waals surface area contributed by atoms with Crippen LogP contribution in [0.3, 0.4) is 0 Å². The molecular formula is C23H20ClN7O2. The summed E-state index contributed by atoms with van der Waals surface area (Å²) in [7, 11) is 1.44. The molecule has 0 atom stereocenters. The van der Waals surface area contributed by atoms with Crippen LogP contribution in [0.1, 0.15) is 5.56 Å². The Morgan fingerprint density at radius 3 is 1.94 bits per heavy atom. The molecule has 4 rings (SSSR count). The van der Waals surface area contributed by atoms with Crippen molar-refractivity contribution in [3.05, 3.63) is 83.4 Å². The topological polar surface area (TPSA) is 117 Å². The monoisotopic (exact) mass is 461 g/mol. The van der Waals surface area contributed by atoms with Crippen LogP contribution >= 0.6 is 11.6 Å². The van der Waals surface area contributed by atoms with E-state index in [9.17, 15) is 5.11 Å². The second-order valence-corrected chi connectivity index (χ2v) is 7.14. The van der Waals surface area contributed by atoms with E-state index in [0.717, 1.165) is 11.4 Å². The summed E-state index contributed by atoms with van der Waals surface area (Å²) in [6, 6.07) is 22.1. The number of nitrogens with one attached hydrogen (secondary N) is 3. The normalized spacial score (nSPS) is 10.7. The van der Waals surface area contributed by atoms with Crippen LogP contribution in [0.5, 0.6) is 11.5 Å². The summed E-state index contributed by atoms with van der Waals surface area (Å²) in [6.45, 7) is 0. The molecule has 4 N–H and O–H groups in total. The Hall–Kier alpha value is -4.37. The smallest absolute Gasteiger partial charge is 0.250 e. The molecule has 3 aromatic carbocycles. The lowest BCUT2D eigenvalue weighted by atomic mass is 10.2. The number of benzene rings is 3. The minimum Gasteiger partial charge on any atom is -0.504 e. The number of aromatic hydroxyl groups is 1. The Labute approximate surface area is 195 Å². The van der Waals surface area contributed by atoms with Crippen LogP contribution in [-0.4, -0.2) is 33.4 Å². The van der Waals surface area contributed by atoms with Crippen molar-refractivity contribution in [1.82, 2.24) is 15.0 Å². The van der Waals surface area contributed by atoms with Gasteiger partial charge in [-0.2, -0.15) is 20.1 Å². The number of aromatic nitrogens is 3. The van der Waals surface area contributed by atoms with Crippen molar-refractivity contribution in [1.29, 1.82) is 0 Å². The first-order valence-corrected chi connectivity index (χ1v) is 10.2. The van der Waals surface area contributed by atoms with Gasteiger partial charge in [0.05, 0.1) is 13.3 Å². The molecule has 1 heterocycles. The molecule has 0 spiro atoms. The van der Waals surface area contributed by atoms with E-state index in [0.29, 0.717) is 22.5 Å². The van der Waals surface area contributed by atoms with E-state index in [1.807, 2.05) is 60.7 Å². The zero-order valence-corrected chi connectivity index (χ0v) is 18.3. The number of hydrogen-bond donors (Lipinski definition) is 4. The van der Waals surface area contributed by atoms with Crippen molar-refractivity contribution >= 4 is 47.0 Å². The van der Waals surface area contributed by atoms with Gasteiger partial charge in [-0.05, 0) is 30.3 Å². The Balaban J connectivity index is 1.59. The maximum absolute atomic E-state index is 10.3. The van der Waals surface area contributed by atoms with Crippen LogP contribution in [-0.2, 0) is 0 Å². The van der Waals surface area contributed by atoms with Gasteiger partial charge in [-0.3, -0.25) is 0 Å². The predicted molar refractivity (Wildman–Crippen MR) is 130 cm³/mol. The molecule has 0 bridgehead atoms. The molecule has 1 aromatic heterocycles. The maximum Gasteiger partial charge on any atom is 0.250 e. The number of para-hydroxylation sites is 2. The van der Waals surface area contributed by atoms with Gasteiger partial charge in [0.25, 0.3) is 0 Å². The number of hydrazone groups is 1. The summed E-state index contributed by atoms with van der Waals surface area (Å²) in [5.41, 5.74) is 4.77. The number of anilines is 5. The lowest BCUT2D eigenvalue weighted by molar-refractivity contribution is 0.373. The van der Waals surface area contributed by atoms with Gasteiger partial charge in [0.15, 0.2) is 11.5 Å². The molecule has 10 heteroatoms. The van der Waals surface area contributed by atoms with Gasteiger partial charge in [-0.1, -0.05) is 48.0 Å². The third-order valence-electron chi connectivity index (χ3n) is 4.35. The van der Waals surface area contributed by atoms with Crippen LogP contribution in [0.4, 0.5) is 29.2 Å². The molecule has 0 saturated carbocycles. The lowest BCUT2D eigenvalue weighted by Gasteiger charge is -2.10. The molecule has 0 aliphatic carbocycles. The highest BCUT2D eigenvalue weighted by Gasteiger charge is 2.10. The van der Waals surface area contributed by atoms with Crippen molar-refractivity contribution in [2.45, 2.75) is 0 Å². The summed E-state index contributed by atoms with van der Waals surface area (Å²) >= 11 is 6.07. The summed E-state index contributed by atoms with van der Waals surface area (Å²) in [4.78, 5) is 13.2. The van der Waals surface area contributed by atoms with Crippen LogP contribution in [0, 0.1) is 0 Å². The van der Waals surface area contributed by atoms with E-state index in [1.165, 1.54) is 19.4 Å². The fraction of sp³-hybridized carbons (Fsp3) is 0.0435. The Kier molecular flexibility index (Phi) is 6.81. The fourth-order valence-electron chi connectivity index (χ4n) is 2.85. The Bertz CT molecular complexity index is 1190. The number of methoxy groups -OCH3 is 1. The highest BCUT2D eigenvalue weighted by atomic mass is 35.5. The molecular weight excluding hydrogens is 442 g/mol. The maximum atomic E-state index is 10.3. The van der Waals surface area contributed by atoms with Crippen LogP contribution in [0.15, 0.2) is 77.9 Å². The second kappa shape index (κ2) is 10.3. The van der Waals surface area contributed by atoms with Crippen molar-refractivity contribution in [3.8, 4) is 11.5 Å². The first kappa shape index (κ1) is 21.8. The second-order valence-electron chi connectivity index (χ2n) is 6.70. The van der Waals surface area contributed by atoms with Gasteiger partial charge < -0.3 is 20.5 Å². The number of phenols is 1. The van der Waals surface area contributed by atoms with Gasteiger partial charge in [-0.25, -0.2) is 5.43 Å². The number of halogens is 1. The molecule has 0 radical (unpaired) electrons. The lowest BCUT2D eigenvalue weighted by Crippen LogP contribution is -2.07. The van der Waals surface area contributed by atoms with Crippen molar-refractivity contribution in [2.24, 2.45) is 5.10 Å². The van der Waals surface area contributed by atoms with Crippen LogP contribution in [0.25, 0.3) is 0 Å². The summed E-state index contributed by atoms with van der Waals surface area (Å²) in [6.07, 6.45) is 1.39. The van der Waals surface area contributed by atoms with E-state index in [2.05, 4.69) is 36.1 Å². The van der Waals surface area contributed by atoms with Gasteiger partial charge in [0.1, 0.15) is 0 Å². The SMILES string of the molecule is COc1cc(Cl)cc(/C=N\Nc2nc(Nc3ccccc3)nc(Nc3ccccc3)n2)c1O. The third kappa shape index (κ3) is 5.86. The quantitative estimate of drug-likeness (QED) is 0.210. The third-order valence-corrected chi connectivity index (χ3v) is 4.57. The zero-order chi connectivity index (χ0) is 23.0. The number of ether oxygens (including phenoxy) is 1. The average molecular weight is 462 g/mol. The molecule has 0 aliphatic rings. The van der Waals surface area contributed by atoms with Crippen molar-refractivity contribution < 1.29 is 9.84 Å². The molecule has 33 heavy (non-hydrogen) atoms. The standard InChI is InChI=1S/C23H20ClN7O2/c1-33-19-13-16(24)12-15(20(19)32)14-25-31-23-29-21(26-17-8-4-2-5-9-17)28-22(30-23)27-18-10-6-3-7-11-18/h2-14,32H,1H3,(H3,26,27,28,29,30,31)/b25-14-. The fourth-order valence-corrected chi connectivity index (χ4v) is 3.06. The molecule has 0 fully saturated rings. The van der Waals surface area contributed by atoms with Gasteiger partial charge >= 0.3 is 0 Å². The first-order valence-electron chi connectivity index (χ1n) is 9.86. The highest BCUT2D eigenvalue weighted by molar-refractivity contribution is 6.31. The number of phenolic OH excluding ortho intramolecular Hbond substituents is 1. The van der Waals surface area contributed by atoms with Crippen molar-refractivity contribution in [3.63, 3.8) is 0 Å². The number of rotatable bonds is 8. The van der Waals surface area contributed by atoms with E-state index in [4.69, 9.17) is 16.3 Å².